The molecule has 1 N–H and O–H groups in total. The highest BCUT2D eigenvalue weighted by Crippen LogP contribution is 2.27. The second-order valence-electron chi connectivity index (χ2n) is 9.43. The molecule has 8 nitrogen and oxygen atoms in total. The monoisotopic (exact) mass is 471 g/mol. The van der Waals surface area contributed by atoms with Gasteiger partial charge in [-0.05, 0) is 56.5 Å². The fourth-order valence-electron chi connectivity index (χ4n) is 4.43. The molecule has 0 saturated heterocycles. The van der Waals surface area contributed by atoms with Crippen molar-refractivity contribution in [3.05, 3.63) is 71.8 Å². The van der Waals surface area contributed by atoms with Gasteiger partial charge in [-0.2, -0.15) is 5.10 Å². The number of fused-ring (bicyclic) bond motifs is 1. The SMILES string of the molecule is Cc1cc(F)c(C(=O)NC2CC2)cc1-n1cc(-c2cnc3cnc(C4=CCN(C)CC4)cn23)cn1. The molecule has 35 heavy (non-hydrogen) atoms. The average Bonchev–Trinajstić information content (AvgIpc) is 3.36. The molecule has 1 fully saturated rings. The predicted octanol–water partition coefficient (Wildman–Crippen LogP) is 3.64. The molecule has 178 valence electrons. The minimum atomic E-state index is -0.526. The first-order valence-electron chi connectivity index (χ1n) is 11.8. The van der Waals surface area contributed by atoms with E-state index in [1.165, 1.54) is 11.6 Å². The van der Waals surface area contributed by atoms with Crippen molar-refractivity contribution >= 4 is 17.1 Å². The van der Waals surface area contributed by atoms with Crippen LogP contribution in [0, 0.1) is 12.7 Å². The van der Waals surface area contributed by atoms with Crippen LogP contribution in [0.3, 0.4) is 0 Å². The Hall–Kier alpha value is -3.85. The Morgan fingerprint density at radius 2 is 2.00 bits per heavy atom. The Kier molecular flexibility index (Phi) is 5.21. The lowest BCUT2D eigenvalue weighted by molar-refractivity contribution is 0.0947. The molecule has 0 radical (unpaired) electrons. The summed E-state index contributed by atoms with van der Waals surface area (Å²) >= 11 is 0. The van der Waals surface area contributed by atoms with Gasteiger partial charge in [-0.3, -0.25) is 14.2 Å². The topological polar surface area (TPSA) is 80.4 Å². The van der Waals surface area contributed by atoms with Gasteiger partial charge in [0.2, 0.25) is 0 Å². The highest BCUT2D eigenvalue weighted by Gasteiger charge is 2.26. The molecular formula is C26H26FN7O. The Labute approximate surface area is 202 Å². The summed E-state index contributed by atoms with van der Waals surface area (Å²) in [7, 11) is 2.11. The zero-order valence-corrected chi connectivity index (χ0v) is 19.7. The number of hydrogen-bond donors (Lipinski definition) is 1. The minimum Gasteiger partial charge on any atom is -0.349 e. The van der Waals surface area contributed by atoms with E-state index >= 15 is 0 Å². The van der Waals surface area contributed by atoms with E-state index in [4.69, 9.17) is 0 Å². The highest BCUT2D eigenvalue weighted by atomic mass is 19.1. The minimum absolute atomic E-state index is 0.0338. The van der Waals surface area contributed by atoms with E-state index in [1.807, 2.05) is 23.7 Å². The second-order valence-corrected chi connectivity index (χ2v) is 9.43. The van der Waals surface area contributed by atoms with E-state index in [0.717, 1.165) is 55.0 Å². The number of halogens is 1. The fourth-order valence-corrected chi connectivity index (χ4v) is 4.43. The third-order valence-corrected chi connectivity index (χ3v) is 6.71. The largest absolute Gasteiger partial charge is 0.349 e. The number of aryl methyl sites for hydroxylation is 1. The summed E-state index contributed by atoms with van der Waals surface area (Å²) in [6, 6.07) is 3.12. The number of amides is 1. The molecule has 9 heteroatoms. The van der Waals surface area contributed by atoms with E-state index in [2.05, 4.69) is 38.4 Å². The van der Waals surface area contributed by atoms with E-state index in [-0.39, 0.29) is 17.5 Å². The van der Waals surface area contributed by atoms with Crippen LogP contribution in [-0.4, -0.2) is 61.1 Å². The maximum Gasteiger partial charge on any atom is 0.254 e. The van der Waals surface area contributed by atoms with Crippen molar-refractivity contribution in [3.8, 4) is 16.9 Å². The Morgan fingerprint density at radius 1 is 1.14 bits per heavy atom. The van der Waals surface area contributed by atoms with Crippen molar-refractivity contribution < 1.29 is 9.18 Å². The summed E-state index contributed by atoms with van der Waals surface area (Å²) in [5.74, 6) is -0.912. The molecule has 4 heterocycles. The van der Waals surface area contributed by atoms with Crippen LogP contribution in [0.4, 0.5) is 4.39 Å². The number of hydrogen-bond acceptors (Lipinski definition) is 5. The Balaban J connectivity index is 1.35. The predicted molar refractivity (Wildman–Crippen MR) is 131 cm³/mol. The van der Waals surface area contributed by atoms with Crippen LogP contribution >= 0.6 is 0 Å². The van der Waals surface area contributed by atoms with Crippen LogP contribution in [0.1, 0.15) is 40.9 Å². The number of rotatable bonds is 5. The third kappa shape index (κ3) is 4.12. The zero-order valence-electron chi connectivity index (χ0n) is 19.7. The summed E-state index contributed by atoms with van der Waals surface area (Å²) in [6.45, 7) is 3.73. The van der Waals surface area contributed by atoms with E-state index in [9.17, 15) is 9.18 Å². The molecule has 4 aromatic rings. The van der Waals surface area contributed by atoms with Crippen molar-refractivity contribution in [2.75, 3.05) is 20.1 Å². The maximum absolute atomic E-state index is 14.6. The molecular weight excluding hydrogens is 445 g/mol. The average molecular weight is 472 g/mol. The number of imidazole rings is 1. The van der Waals surface area contributed by atoms with Crippen LogP contribution in [0.2, 0.25) is 0 Å². The van der Waals surface area contributed by atoms with Gasteiger partial charge >= 0.3 is 0 Å². The molecule has 6 rings (SSSR count). The summed E-state index contributed by atoms with van der Waals surface area (Å²) in [4.78, 5) is 23.9. The highest BCUT2D eigenvalue weighted by molar-refractivity contribution is 5.95. The fraction of sp³-hybridized carbons (Fsp3) is 0.308. The first kappa shape index (κ1) is 21.7. The number of carbonyl (C=O) groups excluding carboxylic acids is 1. The van der Waals surface area contributed by atoms with Crippen LogP contribution in [0.5, 0.6) is 0 Å². The summed E-state index contributed by atoms with van der Waals surface area (Å²) in [5.41, 5.74) is 6.06. The van der Waals surface area contributed by atoms with Crippen LogP contribution < -0.4 is 5.32 Å². The van der Waals surface area contributed by atoms with Gasteiger partial charge < -0.3 is 10.2 Å². The van der Waals surface area contributed by atoms with E-state index in [0.29, 0.717) is 11.3 Å². The summed E-state index contributed by atoms with van der Waals surface area (Å²) in [5, 5.41) is 7.38. The number of benzene rings is 1. The van der Waals surface area contributed by atoms with Crippen molar-refractivity contribution in [1.82, 2.24) is 34.4 Å². The first-order chi connectivity index (χ1) is 17.0. The number of nitrogens with one attached hydrogen (secondary N) is 1. The Bertz CT molecular complexity index is 1480. The third-order valence-electron chi connectivity index (χ3n) is 6.71. The molecule has 0 spiro atoms. The molecule has 1 aromatic carbocycles. The maximum atomic E-state index is 14.6. The van der Waals surface area contributed by atoms with Gasteiger partial charge in [0.05, 0.1) is 41.2 Å². The van der Waals surface area contributed by atoms with Gasteiger partial charge in [-0.25, -0.2) is 14.1 Å². The van der Waals surface area contributed by atoms with Gasteiger partial charge in [-0.1, -0.05) is 6.08 Å². The summed E-state index contributed by atoms with van der Waals surface area (Å²) in [6.07, 6.45) is 14.3. The lowest BCUT2D eigenvalue weighted by Gasteiger charge is -2.21. The molecule has 3 aromatic heterocycles. The molecule has 0 unspecified atom stereocenters. The van der Waals surface area contributed by atoms with Crippen molar-refractivity contribution in [3.63, 3.8) is 0 Å². The number of aromatic nitrogens is 5. The van der Waals surface area contributed by atoms with Crippen LogP contribution in [0.15, 0.2) is 49.2 Å². The molecule has 1 amide bonds. The normalized spacial score (nSPS) is 16.5. The summed E-state index contributed by atoms with van der Waals surface area (Å²) < 4.78 is 18.3. The Morgan fingerprint density at radius 3 is 2.77 bits per heavy atom. The lowest BCUT2D eigenvalue weighted by atomic mass is 10.1. The lowest BCUT2D eigenvalue weighted by Crippen LogP contribution is -2.26. The number of nitrogens with zero attached hydrogens (tertiary/aromatic N) is 6. The van der Waals surface area contributed by atoms with E-state index < -0.39 is 5.82 Å². The van der Waals surface area contributed by atoms with Gasteiger partial charge in [-0.15, -0.1) is 0 Å². The number of likely N-dealkylation sites (N-methyl/N-ethyl adjacent to an activating group) is 1. The standard InChI is InChI=1S/C26H26FN7O/c1-16-9-21(27)20(26(35)31-19-3-4-19)10-23(16)34-14-18(11-30-34)24-12-29-25-13-28-22(15-33(24)25)17-5-7-32(2)8-6-17/h5,9-15,19H,3-4,6-8H2,1-2H3,(H,31,35). The molecule has 1 saturated carbocycles. The van der Waals surface area contributed by atoms with Gasteiger partial charge in [0, 0.05) is 37.1 Å². The first-order valence-corrected chi connectivity index (χ1v) is 11.8. The number of carbonyl (C=O) groups is 1. The smallest absolute Gasteiger partial charge is 0.254 e. The molecule has 1 aliphatic heterocycles. The van der Waals surface area contributed by atoms with Crippen molar-refractivity contribution in [2.24, 2.45) is 0 Å². The van der Waals surface area contributed by atoms with Crippen molar-refractivity contribution in [2.45, 2.75) is 32.2 Å². The van der Waals surface area contributed by atoms with Crippen LogP contribution in [0.25, 0.3) is 28.2 Å². The van der Waals surface area contributed by atoms with E-state index in [1.54, 1.807) is 29.3 Å². The van der Waals surface area contributed by atoms with Gasteiger partial charge in [0.1, 0.15) is 5.82 Å². The molecule has 1 aliphatic carbocycles. The molecule has 0 bridgehead atoms. The van der Waals surface area contributed by atoms with Gasteiger partial charge in [0.15, 0.2) is 5.65 Å². The molecule has 2 aliphatic rings. The van der Waals surface area contributed by atoms with Gasteiger partial charge in [0.25, 0.3) is 5.91 Å². The quantitative estimate of drug-likeness (QED) is 0.481. The molecule has 0 atom stereocenters. The van der Waals surface area contributed by atoms with Crippen LogP contribution in [-0.2, 0) is 0 Å². The second kappa shape index (κ2) is 8.42. The van der Waals surface area contributed by atoms with Crippen molar-refractivity contribution in [1.29, 1.82) is 0 Å². The zero-order chi connectivity index (χ0) is 24.1.